The van der Waals surface area contributed by atoms with Gasteiger partial charge in [0.1, 0.15) is 6.04 Å². The number of ether oxygens (including phenoxy) is 1. The number of fused-ring (bicyclic) bond motifs is 1. The molecule has 1 aliphatic heterocycles. The summed E-state index contributed by atoms with van der Waals surface area (Å²) >= 11 is 20.0. The molecule has 1 aliphatic rings. The maximum atomic E-state index is 13.5. The number of allylic oxidation sites excluding steroid dienone is 1. The summed E-state index contributed by atoms with van der Waals surface area (Å²) in [6.07, 6.45) is 1.69. The number of thiazole rings is 1. The highest BCUT2D eigenvalue weighted by atomic mass is 35.5. The molecule has 164 valence electrons. The number of halogens is 3. The molecule has 4 rings (SSSR count). The zero-order valence-corrected chi connectivity index (χ0v) is 20.1. The van der Waals surface area contributed by atoms with Crippen LogP contribution in [0.25, 0.3) is 6.08 Å². The van der Waals surface area contributed by atoms with Crippen LogP contribution >= 0.6 is 46.1 Å². The number of hydrogen-bond donors (Lipinski definition) is 0. The third kappa shape index (κ3) is 4.16. The predicted octanol–water partition coefficient (Wildman–Crippen LogP) is 4.76. The molecule has 0 saturated carbocycles. The summed E-state index contributed by atoms with van der Waals surface area (Å²) in [7, 11) is 0. The van der Waals surface area contributed by atoms with Gasteiger partial charge in [0, 0.05) is 15.1 Å². The molecule has 0 radical (unpaired) electrons. The molecule has 32 heavy (non-hydrogen) atoms. The molecule has 5 nitrogen and oxygen atoms in total. The van der Waals surface area contributed by atoms with Crippen molar-refractivity contribution in [3.05, 3.63) is 99.6 Å². The van der Waals surface area contributed by atoms with Gasteiger partial charge in [0.25, 0.3) is 5.56 Å². The first-order chi connectivity index (χ1) is 15.3. The lowest BCUT2D eigenvalue weighted by Crippen LogP contribution is -2.40. The Hall–Kier alpha value is -2.38. The zero-order valence-electron chi connectivity index (χ0n) is 17.1. The minimum Gasteiger partial charge on any atom is -0.463 e. The minimum absolute atomic E-state index is 0.199. The van der Waals surface area contributed by atoms with Crippen molar-refractivity contribution in [2.75, 3.05) is 6.61 Å². The second-order valence-corrected chi connectivity index (χ2v) is 9.25. The zero-order chi connectivity index (χ0) is 23.0. The van der Waals surface area contributed by atoms with Gasteiger partial charge in [0.2, 0.25) is 0 Å². The highest BCUT2D eigenvalue weighted by Crippen LogP contribution is 2.34. The highest BCUT2D eigenvalue weighted by molar-refractivity contribution is 7.07. The highest BCUT2D eigenvalue weighted by Gasteiger charge is 2.34. The smallest absolute Gasteiger partial charge is 0.338 e. The van der Waals surface area contributed by atoms with Gasteiger partial charge in [0.15, 0.2) is 4.80 Å². The van der Waals surface area contributed by atoms with Gasteiger partial charge in [-0.3, -0.25) is 9.36 Å². The molecule has 9 heteroatoms. The van der Waals surface area contributed by atoms with E-state index in [-0.39, 0.29) is 17.7 Å². The van der Waals surface area contributed by atoms with Crippen molar-refractivity contribution in [3.63, 3.8) is 0 Å². The fourth-order valence-electron chi connectivity index (χ4n) is 3.54. The summed E-state index contributed by atoms with van der Waals surface area (Å²) in [6.45, 7) is 3.65. The van der Waals surface area contributed by atoms with Gasteiger partial charge in [0.05, 0.1) is 22.4 Å². The van der Waals surface area contributed by atoms with Crippen molar-refractivity contribution in [2.24, 2.45) is 4.99 Å². The Balaban J connectivity index is 1.99. The number of rotatable bonds is 4. The fourth-order valence-corrected chi connectivity index (χ4v) is 5.28. The Morgan fingerprint density at radius 2 is 1.94 bits per heavy atom. The third-order valence-electron chi connectivity index (χ3n) is 4.97. The van der Waals surface area contributed by atoms with Crippen LogP contribution in [0, 0.1) is 0 Å². The van der Waals surface area contributed by atoms with Crippen molar-refractivity contribution >= 4 is 58.2 Å². The molecule has 0 amide bonds. The second-order valence-electron chi connectivity index (χ2n) is 6.99. The first-order valence-electron chi connectivity index (χ1n) is 9.71. The summed E-state index contributed by atoms with van der Waals surface area (Å²) in [5, 5.41) is 1.36. The van der Waals surface area contributed by atoms with Crippen molar-refractivity contribution in [1.29, 1.82) is 0 Å². The Bertz CT molecular complexity index is 1440. The van der Waals surface area contributed by atoms with Gasteiger partial charge in [-0.25, -0.2) is 9.79 Å². The molecule has 2 heterocycles. The maximum Gasteiger partial charge on any atom is 0.338 e. The van der Waals surface area contributed by atoms with Crippen LogP contribution in [0.3, 0.4) is 0 Å². The maximum absolute atomic E-state index is 13.5. The molecule has 0 bridgehead atoms. The second kappa shape index (κ2) is 9.24. The predicted molar refractivity (Wildman–Crippen MR) is 128 cm³/mol. The van der Waals surface area contributed by atoms with E-state index in [1.807, 2.05) is 6.07 Å². The summed E-state index contributed by atoms with van der Waals surface area (Å²) in [6, 6.07) is 11.4. The van der Waals surface area contributed by atoms with E-state index < -0.39 is 12.0 Å². The topological polar surface area (TPSA) is 60.7 Å². The number of hydrogen-bond acceptors (Lipinski definition) is 5. The van der Waals surface area contributed by atoms with Crippen molar-refractivity contribution < 1.29 is 9.53 Å². The Morgan fingerprint density at radius 3 is 2.62 bits per heavy atom. The average molecular weight is 508 g/mol. The number of benzene rings is 2. The lowest BCUT2D eigenvalue weighted by molar-refractivity contribution is -0.139. The van der Waals surface area contributed by atoms with Crippen molar-refractivity contribution in [3.8, 4) is 0 Å². The molecule has 0 N–H and O–H groups in total. The van der Waals surface area contributed by atoms with E-state index in [0.717, 1.165) is 0 Å². The molecule has 0 aliphatic carbocycles. The van der Waals surface area contributed by atoms with E-state index in [2.05, 4.69) is 4.99 Å². The van der Waals surface area contributed by atoms with Crippen molar-refractivity contribution in [2.45, 2.75) is 19.9 Å². The van der Waals surface area contributed by atoms with E-state index in [9.17, 15) is 9.59 Å². The molecular weight excluding hydrogens is 491 g/mol. The van der Waals surface area contributed by atoms with Crippen LogP contribution in [-0.4, -0.2) is 17.1 Å². The van der Waals surface area contributed by atoms with Gasteiger partial charge in [-0.2, -0.15) is 0 Å². The van der Waals surface area contributed by atoms with E-state index in [4.69, 9.17) is 39.5 Å². The third-order valence-corrected chi connectivity index (χ3v) is 6.86. The van der Waals surface area contributed by atoms with Crippen LogP contribution < -0.4 is 14.9 Å². The van der Waals surface area contributed by atoms with Gasteiger partial charge >= 0.3 is 5.97 Å². The fraction of sp³-hybridized carbons (Fsp3) is 0.174. The monoisotopic (exact) mass is 506 g/mol. The number of carbonyl (C=O) groups is 1. The summed E-state index contributed by atoms with van der Waals surface area (Å²) in [5.74, 6) is -0.534. The Labute approximate surface area is 202 Å². The van der Waals surface area contributed by atoms with Crippen molar-refractivity contribution in [1.82, 2.24) is 4.57 Å². The largest absolute Gasteiger partial charge is 0.463 e. The van der Waals surface area contributed by atoms with Crippen LogP contribution in [0.2, 0.25) is 15.1 Å². The molecule has 3 aromatic rings. The first kappa shape index (κ1) is 22.8. The van der Waals surface area contributed by atoms with Gasteiger partial charge in [-0.1, -0.05) is 70.4 Å². The molecule has 1 aromatic heterocycles. The molecular formula is C23H17Cl3N2O3S. The quantitative estimate of drug-likeness (QED) is 0.479. The minimum atomic E-state index is -0.762. The summed E-state index contributed by atoms with van der Waals surface area (Å²) in [5.41, 5.74) is 1.72. The molecule has 1 atom stereocenters. The normalized spacial score (nSPS) is 16.0. The SMILES string of the molecule is CCOC(=O)C1=C(C)N=c2s/c(=C/c3ccc(Cl)cc3Cl)c(=O)n2[C@H]1c1ccccc1Cl. The van der Waals surface area contributed by atoms with Crippen LogP contribution in [0.15, 0.2) is 63.5 Å². The molecule has 2 aromatic carbocycles. The first-order valence-corrected chi connectivity index (χ1v) is 11.7. The summed E-state index contributed by atoms with van der Waals surface area (Å²) in [4.78, 5) is 31.4. The number of carbonyl (C=O) groups excluding carboxylic acids is 1. The standard InChI is InChI=1S/C23H17Cl3N2O3S/c1-3-31-22(30)19-12(2)27-23-28(20(19)15-6-4-5-7-16(15)25)21(29)18(32-23)10-13-8-9-14(24)11-17(13)26/h4-11,20H,3H2,1-2H3/b18-10+/t20-/m0/s1. The lowest BCUT2D eigenvalue weighted by Gasteiger charge is -2.25. The lowest BCUT2D eigenvalue weighted by atomic mass is 9.96. The van der Waals surface area contributed by atoms with Crippen LogP contribution in [0.4, 0.5) is 0 Å². The van der Waals surface area contributed by atoms with Crippen LogP contribution in [-0.2, 0) is 9.53 Å². The number of aromatic nitrogens is 1. The Kier molecular flexibility index (Phi) is 6.58. The molecule has 0 fully saturated rings. The van der Waals surface area contributed by atoms with E-state index in [1.165, 1.54) is 15.9 Å². The molecule has 0 spiro atoms. The van der Waals surface area contributed by atoms with Crippen LogP contribution in [0.1, 0.15) is 31.0 Å². The summed E-state index contributed by atoms with van der Waals surface area (Å²) < 4.78 is 7.18. The van der Waals surface area contributed by atoms with Gasteiger partial charge in [-0.05, 0) is 49.2 Å². The number of esters is 1. The van der Waals surface area contributed by atoms with Gasteiger partial charge < -0.3 is 4.74 Å². The Morgan fingerprint density at radius 1 is 1.19 bits per heavy atom. The van der Waals surface area contributed by atoms with E-state index in [0.29, 0.717) is 41.2 Å². The van der Waals surface area contributed by atoms with Crippen LogP contribution in [0.5, 0.6) is 0 Å². The van der Waals surface area contributed by atoms with E-state index >= 15 is 0 Å². The van der Waals surface area contributed by atoms with Gasteiger partial charge in [-0.15, -0.1) is 0 Å². The average Bonchev–Trinajstić information content (AvgIpc) is 3.04. The molecule has 0 unspecified atom stereocenters. The molecule has 0 saturated heterocycles. The number of nitrogens with zero attached hydrogens (tertiary/aromatic N) is 2. The van der Waals surface area contributed by atoms with E-state index in [1.54, 1.807) is 56.3 Å².